The highest BCUT2D eigenvalue weighted by Gasteiger charge is 2.48. The van der Waals surface area contributed by atoms with Crippen LogP contribution in [0.15, 0.2) is 23.3 Å². The topological polar surface area (TPSA) is 63.6 Å². The Balaban J connectivity index is 0.00000109. The zero-order valence-corrected chi connectivity index (χ0v) is 15.8. The van der Waals surface area contributed by atoms with Gasteiger partial charge in [0.15, 0.2) is 5.78 Å². The molecule has 1 aromatic rings. The van der Waals surface area contributed by atoms with E-state index in [0.717, 1.165) is 35.0 Å². The maximum atomic E-state index is 12.7. The second-order valence-electron chi connectivity index (χ2n) is 6.85. The number of carbonyl (C=O) groups excluding carboxylic acids is 2. The Morgan fingerprint density at radius 2 is 2.04 bits per heavy atom. The van der Waals surface area contributed by atoms with Gasteiger partial charge >= 0.3 is 0 Å². The lowest BCUT2D eigenvalue weighted by molar-refractivity contribution is -0.105. The number of methoxy groups -OCH3 is 1. The summed E-state index contributed by atoms with van der Waals surface area (Å²) in [7, 11) is 1.61. The average molecular weight is 344 g/mol. The fourth-order valence-electron chi connectivity index (χ4n) is 4.23. The normalized spacial score (nSPS) is 24.8. The Labute approximate surface area is 149 Å². The third kappa shape index (κ3) is 3.04. The summed E-state index contributed by atoms with van der Waals surface area (Å²) in [6.07, 6.45) is 2.69. The van der Waals surface area contributed by atoms with Crippen LogP contribution in [0.1, 0.15) is 61.5 Å². The molecule has 4 heteroatoms. The lowest BCUT2D eigenvalue weighted by Gasteiger charge is -2.47. The number of Topliss-reactive ketones (excluding diaryl/α,β-unsaturated/α-hetero) is 1. The molecule has 0 amide bonds. The van der Waals surface area contributed by atoms with Crippen LogP contribution in [0.5, 0.6) is 5.75 Å². The first-order chi connectivity index (χ1) is 11.9. The van der Waals surface area contributed by atoms with Crippen LogP contribution in [0, 0.1) is 12.8 Å². The second-order valence-corrected chi connectivity index (χ2v) is 6.85. The number of hydrogen-bond donors (Lipinski definition) is 1. The summed E-state index contributed by atoms with van der Waals surface area (Å²) >= 11 is 0. The molecule has 0 bridgehead atoms. The predicted octanol–water partition coefficient (Wildman–Crippen LogP) is 4.12. The Morgan fingerprint density at radius 1 is 1.36 bits per heavy atom. The summed E-state index contributed by atoms with van der Waals surface area (Å²) in [5, 5.41) is 10.4. The Hall–Kier alpha value is -1.94. The molecule has 0 aliphatic heterocycles. The monoisotopic (exact) mass is 344 g/mol. The number of phenols is 1. The van der Waals surface area contributed by atoms with Crippen LogP contribution in [0.25, 0.3) is 0 Å². The fourth-order valence-corrected chi connectivity index (χ4v) is 4.23. The summed E-state index contributed by atoms with van der Waals surface area (Å²) in [5.41, 5.74) is 3.54. The van der Waals surface area contributed by atoms with Gasteiger partial charge in [0.2, 0.25) is 0 Å². The highest BCUT2D eigenvalue weighted by Crippen LogP contribution is 2.53. The molecule has 136 valence electrons. The maximum Gasteiger partial charge on any atom is 0.167 e. The second kappa shape index (κ2) is 7.52. The number of benzene rings is 1. The molecule has 0 saturated heterocycles. The number of rotatable bonds is 3. The number of phenolic OH excluding ortho intramolecular Hbond substituents is 1. The number of aromatic hydroxyl groups is 1. The van der Waals surface area contributed by atoms with Crippen LogP contribution in [0.3, 0.4) is 0 Å². The maximum absolute atomic E-state index is 12.7. The molecule has 25 heavy (non-hydrogen) atoms. The van der Waals surface area contributed by atoms with Crippen LogP contribution in [-0.4, -0.2) is 30.9 Å². The van der Waals surface area contributed by atoms with Gasteiger partial charge in [-0.3, -0.25) is 9.59 Å². The van der Waals surface area contributed by atoms with Crippen LogP contribution in [0.2, 0.25) is 0 Å². The van der Waals surface area contributed by atoms with Crippen molar-refractivity contribution < 1.29 is 19.4 Å². The van der Waals surface area contributed by atoms with Gasteiger partial charge in [-0.1, -0.05) is 32.9 Å². The molecule has 1 N–H and O–H groups in total. The molecule has 0 aromatic heterocycles. The van der Waals surface area contributed by atoms with Crippen LogP contribution >= 0.6 is 0 Å². The van der Waals surface area contributed by atoms with Gasteiger partial charge in [-0.25, -0.2) is 0 Å². The highest BCUT2D eigenvalue weighted by atomic mass is 16.5. The van der Waals surface area contributed by atoms with E-state index in [2.05, 4.69) is 6.92 Å². The fraction of sp³-hybridized carbons (Fsp3) is 0.524. The summed E-state index contributed by atoms with van der Waals surface area (Å²) in [6, 6.07) is 3.83. The van der Waals surface area contributed by atoms with Crippen LogP contribution in [-0.2, 0) is 14.9 Å². The molecule has 0 radical (unpaired) electrons. The Kier molecular flexibility index (Phi) is 5.83. The van der Waals surface area contributed by atoms with Gasteiger partial charge in [0.25, 0.3) is 0 Å². The summed E-state index contributed by atoms with van der Waals surface area (Å²) in [6.45, 7) is 8.31. The van der Waals surface area contributed by atoms with Gasteiger partial charge < -0.3 is 9.84 Å². The van der Waals surface area contributed by atoms with Crippen molar-refractivity contribution in [2.24, 2.45) is 5.92 Å². The van der Waals surface area contributed by atoms with Gasteiger partial charge in [0.05, 0.1) is 12.2 Å². The molecule has 2 aliphatic rings. The number of aldehydes is 1. The van der Waals surface area contributed by atoms with Gasteiger partial charge in [0, 0.05) is 18.9 Å². The first-order valence-corrected chi connectivity index (χ1v) is 8.96. The Morgan fingerprint density at radius 3 is 2.64 bits per heavy atom. The quantitative estimate of drug-likeness (QED) is 0.838. The van der Waals surface area contributed by atoms with E-state index in [1.54, 1.807) is 14.0 Å². The van der Waals surface area contributed by atoms with E-state index in [1.165, 1.54) is 0 Å². The van der Waals surface area contributed by atoms with E-state index < -0.39 is 0 Å². The van der Waals surface area contributed by atoms with E-state index in [1.807, 2.05) is 26.0 Å². The standard InChI is InChI=1S/C19H22O4.C2H6/c1-11-4-5-14-17(18(11)22)16(21)8-15-13(10-23-3)12(9-20)6-7-19(14,15)2;1-2/h4-5,9,15,22H,6-8,10H2,1-3H3;1-2H3. The van der Waals surface area contributed by atoms with Crippen molar-refractivity contribution in [3.63, 3.8) is 0 Å². The van der Waals surface area contributed by atoms with Crippen molar-refractivity contribution in [3.8, 4) is 5.75 Å². The number of hydrogen-bond acceptors (Lipinski definition) is 4. The van der Waals surface area contributed by atoms with E-state index in [4.69, 9.17) is 4.74 Å². The number of allylic oxidation sites excluding steroid dienone is 1. The minimum Gasteiger partial charge on any atom is -0.507 e. The largest absolute Gasteiger partial charge is 0.507 e. The predicted molar refractivity (Wildman–Crippen MR) is 98.2 cm³/mol. The molecule has 0 fully saturated rings. The number of ketones is 1. The summed E-state index contributed by atoms with van der Waals surface area (Å²) in [5.74, 6) is 0.00793. The summed E-state index contributed by atoms with van der Waals surface area (Å²) < 4.78 is 5.30. The highest BCUT2D eigenvalue weighted by molar-refractivity contribution is 6.02. The van der Waals surface area contributed by atoms with Crippen molar-refractivity contribution in [2.45, 2.75) is 52.4 Å². The van der Waals surface area contributed by atoms with Crippen molar-refractivity contribution in [3.05, 3.63) is 40.0 Å². The molecule has 3 rings (SSSR count). The number of aryl methyl sites for hydroxylation is 1. The van der Waals surface area contributed by atoms with Crippen molar-refractivity contribution >= 4 is 12.1 Å². The number of ether oxygens (including phenoxy) is 1. The molecule has 4 nitrogen and oxygen atoms in total. The van der Waals surface area contributed by atoms with Gasteiger partial charge in [-0.05, 0) is 48.0 Å². The lowest BCUT2D eigenvalue weighted by Crippen LogP contribution is -2.44. The molecule has 2 aliphatic carbocycles. The van der Waals surface area contributed by atoms with Crippen molar-refractivity contribution in [2.75, 3.05) is 13.7 Å². The van der Waals surface area contributed by atoms with E-state index in [-0.39, 0.29) is 22.9 Å². The third-order valence-corrected chi connectivity index (χ3v) is 5.62. The van der Waals surface area contributed by atoms with Gasteiger partial charge in [-0.2, -0.15) is 0 Å². The van der Waals surface area contributed by atoms with Gasteiger partial charge in [-0.15, -0.1) is 0 Å². The SMILES string of the molecule is CC.COCC1=C(C=O)CCC2(C)c3ccc(C)c(O)c3C(=O)CC12. The van der Waals surface area contributed by atoms with E-state index in [0.29, 0.717) is 25.0 Å². The van der Waals surface area contributed by atoms with Crippen LogP contribution in [0.4, 0.5) is 0 Å². The van der Waals surface area contributed by atoms with E-state index >= 15 is 0 Å². The molecule has 0 spiro atoms. The minimum absolute atomic E-state index is 0.0430. The zero-order chi connectivity index (χ0) is 18.8. The number of fused-ring (bicyclic) bond motifs is 3. The smallest absolute Gasteiger partial charge is 0.167 e. The number of carbonyl (C=O) groups is 2. The molecule has 0 saturated carbocycles. The Bertz CT molecular complexity index is 717. The van der Waals surface area contributed by atoms with E-state index in [9.17, 15) is 14.7 Å². The molecule has 0 heterocycles. The lowest BCUT2D eigenvalue weighted by atomic mass is 9.56. The first-order valence-electron chi connectivity index (χ1n) is 8.96. The van der Waals surface area contributed by atoms with Gasteiger partial charge in [0.1, 0.15) is 12.0 Å². The first kappa shape index (κ1) is 19.4. The van der Waals surface area contributed by atoms with Crippen molar-refractivity contribution in [1.82, 2.24) is 0 Å². The summed E-state index contributed by atoms with van der Waals surface area (Å²) in [4.78, 5) is 24.1. The van der Waals surface area contributed by atoms with Crippen molar-refractivity contribution in [1.29, 1.82) is 0 Å². The molecular weight excluding hydrogens is 316 g/mol. The molecule has 2 atom stereocenters. The average Bonchev–Trinajstić information content (AvgIpc) is 2.61. The molecule has 1 aromatic carbocycles. The molecular formula is C21H28O4. The minimum atomic E-state index is -0.255. The third-order valence-electron chi connectivity index (χ3n) is 5.62. The molecule has 2 unspecified atom stereocenters. The van der Waals surface area contributed by atoms with Crippen LogP contribution < -0.4 is 0 Å². The zero-order valence-electron chi connectivity index (χ0n) is 15.8.